The molecule has 1 fully saturated rings. The Bertz CT molecular complexity index is 1360. The fraction of sp³-hybridized carbons (Fsp3) is 0.154. The van der Waals surface area contributed by atoms with E-state index in [1.54, 1.807) is 53.4 Å². The highest BCUT2D eigenvalue weighted by molar-refractivity contribution is 6.31. The normalized spacial score (nSPS) is 15.3. The van der Waals surface area contributed by atoms with Crippen LogP contribution in [0, 0.1) is 5.92 Å². The number of nitrogens with zero attached hydrogens (tertiary/aromatic N) is 3. The summed E-state index contributed by atoms with van der Waals surface area (Å²) >= 11 is 6.04. The van der Waals surface area contributed by atoms with Crippen molar-refractivity contribution < 1.29 is 18.7 Å². The van der Waals surface area contributed by atoms with Gasteiger partial charge in [-0.05, 0) is 42.5 Å². The Morgan fingerprint density at radius 2 is 1.89 bits per heavy atom. The molecule has 2 amide bonds. The second-order valence-electron chi connectivity index (χ2n) is 8.06. The summed E-state index contributed by atoms with van der Waals surface area (Å²) in [5.74, 6) is 0.474. The molecule has 2 heterocycles. The van der Waals surface area contributed by atoms with E-state index >= 15 is 0 Å². The van der Waals surface area contributed by atoms with E-state index in [4.69, 9.17) is 20.8 Å². The molecule has 9 heteroatoms. The van der Waals surface area contributed by atoms with E-state index in [-0.39, 0.29) is 24.8 Å². The van der Waals surface area contributed by atoms with Gasteiger partial charge in [0.15, 0.2) is 6.61 Å². The number of nitrogens with one attached hydrogen (secondary N) is 1. The van der Waals surface area contributed by atoms with Crippen molar-refractivity contribution in [1.29, 1.82) is 0 Å². The maximum Gasteiger partial charge on any atom is 0.254 e. The molecule has 1 aliphatic rings. The number of rotatable bonds is 7. The molecule has 0 radical (unpaired) electrons. The Morgan fingerprint density at radius 1 is 1.06 bits per heavy atom. The SMILES string of the molecule is O=C(Nc1cccc(OCc2nnc(-c3ccccc3)o2)c1)C1CC(=O)N(c2cccc(Cl)c2)C1. The highest BCUT2D eigenvalue weighted by Gasteiger charge is 2.35. The highest BCUT2D eigenvalue weighted by atomic mass is 35.5. The average Bonchev–Trinajstić information content (AvgIpc) is 3.50. The second-order valence-corrected chi connectivity index (χ2v) is 8.49. The average molecular weight is 489 g/mol. The van der Waals surface area contributed by atoms with Gasteiger partial charge in [-0.1, -0.05) is 41.9 Å². The molecule has 1 saturated heterocycles. The third-order valence-electron chi connectivity index (χ3n) is 5.57. The fourth-order valence-electron chi connectivity index (χ4n) is 3.84. The van der Waals surface area contributed by atoms with Crippen LogP contribution in [0.3, 0.4) is 0 Å². The lowest BCUT2D eigenvalue weighted by Crippen LogP contribution is -2.28. The number of anilines is 2. The molecular weight excluding hydrogens is 468 g/mol. The molecule has 0 aliphatic carbocycles. The molecule has 5 rings (SSSR count). The van der Waals surface area contributed by atoms with E-state index < -0.39 is 5.92 Å². The van der Waals surface area contributed by atoms with E-state index in [1.807, 2.05) is 30.3 Å². The number of carbonyl (C=O) groups is 2. The number of carbonyl (C=O) groups excluding carboxylic acids is 2. The molecule has 1 aliphatic heterocycles. The van der Waals surface area contributed by atoms with Crippen LogP contribution >= 0.6 is 11.6 Å². The van der Waals surface area contributed by atoms with Crippen LogP contribution < -0.4 is 15.0 Å². The predicted molar refractivity (Wildman–Crippen MR) is 131 cm³/mol. The van der Waals surface area contributed by atoms with Crippen molar-refractivity contribution in [3.63, 3.8) is 0 Å². The zero-order valence-corrected chi connectivity index (χ0v) is 19.3. The Hall–Kier alpha value is -4.17. The topological polar surface area (TPSA) is 97.6 Å². The predicted octanol–water partition coefficient (Wildman–Crippen LogP) is 4.96. The summed E-state index contributed by atoms with van der Waals surface area (Å²) in [4.78, 5) is 26.9. The third kappa shape index (κ3) is 5.33. The fourth-order valence-corrected chi connectivity index (χ4v) is 4.02. The zero-order chi connectivity index (χ0) is 24.2. The van der Waals surface area contributed by atoms with Crippen molar-refractivity contribution >= 4 is 34.8 Å². The zero-order valence-electron chi connectivity index (χ0n) is 18.6. The number of halogens is 1. The van der Waals surface area contributed by atoms with Crippen molar-refractivity contribution in [3.05, 3.63) is 89.8 Å². The molecule has 3 aromatic carbocycles. The third-order valence-corrected chi connectivity index (χ3v) is 5.80. The summed E-state index contributed by atoms with van der Waals surface area (Å²) in [5.41, 5.74) is 2.08. The first-order valence-electron chi connectivity index (χ1n) is 11.0. The Kier molecular flexibility index (Phi) is 6.45. The summed E-state index contributed by atoms with van der Waals surface area (Å²) in [6.07, 6.45) is 0.134. The minimum Gasteiger partial charge on any atom is -0.484 e. The van der Waals surface area contributed by atoms with Gasteiger partial charge < -0.3 is 19.4 Å². The number of benzene rings is 3. The number of aromatic nitrogens is 2. The number of ether oxygens (including phenoxy) is 1. The van der Waals surface area contributed by atoms with Gasteiger partial charge in [0, 0.05) is 41.0 Å². The molecule has 0 saturated carbocycles. The largest absolute Gasteiger partial charge is 0.484 e. The number of hydrogen-bond acceptors (Lipinski definition) is 6. The summed E-state index contributed by atoms with van der Waals surface area (Å²) in [7, 11) is 0. The molecule has 4 aromatic rings. The van der Waals surface area contributed by atoms with Crippen molar-refractivity contribution in [2.75, 3.05) is 16.8 Å². The minimum absolute atomic E-state index is 0.0863. The van der Waals surface area contributed by atoms with Crippen LogP contribution in [0.4, 0.5) is 11.4 Å². The van der Waals surface area contributed by atoms with Gasteiger partial charge in [-0.2, -0.15) is 0 Å². The van der Waals surface area contributed by atoms with E-state index in [0.29, 0.717) is 40.5 Å². The highest BCUT2D eigenvalue weighted by Crippen LogP contribution is 2.28. The molecule has 1 atom stereocenters. The smallest absolute Gasteiger partial charge is 0.254 e. The van der Waals surface area contributed by atoms with Crippen LogP contribution in [0.5, 0.6) is 5.75 Å². The summed E-state index contributed by atoms with van der Waals surface area (Å²) in [6.45, 7) is 0.380. The molecule has 176 valence electrons. The van der Waals surface area contributed by atoms with Gasteiger partial charge in [-0.25, -0.2) is 0 Å². The van der Waals surface area contributed by atoms with E-state index in [0.717, 1.165) is 5.56 Å². The molecule has 0 bridgehead atoms. The molecule has 8 nitrogen and oxygen atoms in total. The van der Waals surface area contributed by atoms with Crippen molar-refractivity contribution in [1.82, 2.24) is 10.2 Å². The minimum atomic E-state index is -0.471. The van der Waals surface area contributed by atoms with Gasteiger partial charge in [0.05, 0.1) is 5.92 Å². The van der Waals surface area contributed by atoms with Crippen LogP contribution in [0.2, 0.25) is 5.02 Å². The lowest BCUT2D eigenvalue weighted by molar-refractivity contribution is -0.122. The lowest BCUT2D eigenvalue weighted by atomic mass is 10.1. The van der Waals surface area contributed by atoms with E-state index in [9.17, 15) is 9.59 Å². The second kappa shape index (κ2) is 9.99. The van der Waals surface area contributed by atoms with Crippen LogP contribution in [0.15, 0.2) is 83.3 Å². The van der Waals surface area contributed by atoms with Gasteiger partial charge in [0.2, 0.25) is 17.7 Å². The van der Waals surface area contributed by atoms with Crippen molar-refractivity contribution in [3.8, 4) is 17.2 Å². The maximum atomic E-state index is 12.8. The quantitative estimate of drug-likeness (QED) is 0.395. The van der Waals surface area contributed by atoms with Crippen LogP contribution in [-0.4, -0.2) is 28.6 Å². The molecule has 1 unspecified atom stereocenters. The first kappa shape index (κ1) is 22.6. The first-order chi connectivity index (χ1) is 17.0. The summed E-state index contributed by atoms with van der Waals surface area (Å²) < 4.78 is 11.4. The Morgan fingerprint density at radius 3 is 2.71 bits per heavy atom. The molecule has 35 heavy (non-hydrogen) atoms. The standard InChI is InChI=1S/C26H21ClN4O4/c27-19-8-4-10-21(13-19)31-15-18(12-24(31)32)25(33)28-20-9-5-11-22(14-20)34-16-23-29-30-26(35-23)17-6-2-1-3-7-17/h1-11,13-14,18H,12,15-16H2,(H,28,33). The van der Waals surface area contributed by atoms with Gasteiger partial charge in [-0.15, -0.1) is 10.2 Å². The van der Waals surface area contributed by atoms with Gasteiger partial charge >= 0.3 is 0 Å². The summed E-state index contributed by atoms with van der Waals surface area (Å²) in [5, 5.41) is 11.5. The van der Waals surface area contributed by atoms with Gasteiger partial charge in [0.25, 0.3) is 5.89 Å². The van der Waals surface area contributed by atoms with E-state index in [1.165, 1.54) is 0 Å². The molecule has 1 aromatic heterocycles. The maximum absolute atomic E-state index is 12.8. The monoisotopic (exact) mass is 488 g/mol. The molecule has 0 spiro atoms. The Labute approximate surface area is 206 Å². The van der Waals surface area contributed by atoms with E-state index in [2.05, 4.69) is 15.5 Å². The van der Waals surface area contributed by atoms with Crippen LogP contribution in [0.25, 0.3) is 11.5 Å². The van der Waals surface area contributed by atoms with Gasteiger partial charge in [0.1, 0.15) is 5.75 Å². The lowest BCUT2D eigenvalue weighted by Gasteiger charge is -2.17. The van der Waals surface area contributed by atoms with Gasteiger partial charge in [-0.3, -0.25) is 9.59 Å². The summed E-state index contributed by atoms with van der Waals surface area (Å²) in [6, 6.07) is 23.5. The van der Waals surface area contributed by atoms with Crippen molar-refractivity contribution in [2.45, 2.75) is 13.0 Å². The Balaban J connectivity index is 1.18. The number of amides is 2. The number of hydrogen-bond donors (Lipinski definition) is 1. The molecular formula is C26H21ClN4O4. The first-order valence-corrected chi connectivity index (χ1v) is 11.4. The van der Waals surface area contributed by atoms with Crippen molar-refractivity contribution in [2.24, 2.45) is 5.92 Å². The molecule has 1 N–H and O–H groups in total. The van der Waals surface area contributed by atoms with Crippen LogP contribution in [-0.2, 0) is 16.2 Å². The van der Waals surface area contributed by atoms with Crippen LogP contribution in [0.1, 0.15) is 12.3 Å².